The maximum atomic E-state index is 12.6. The summed E-state index contributed by atoms with van der Waals surface area (Å²) in [7, 11) is 3.33. The second kappa shape index (κ2) is 9.43. The Morgan fingerprint density at radius 3 is 2.80 bits per heavy atom. The van der Waals surface area contributed by atoms with Crippen LogP contribution < -0.4 is 14.9 Å². The third-order valence-electron chi connectivity index (χ3n) is 3.53. The Kier molecular flexibility index (Phi) is 7.27. The number of para-hydroxylation sites is 1. The van der Waals surface area contributed by atoms with E-state index >= 15 is 0 Å². The lowest BCUT2D eigenvalue weighted by Gasteiger charge is -2.16. The van der Waals surface area contributed by atoms with Crippen molar-refractivity contribution in [1.29, 1.82) is 0 Å². The number of carbonyl (C=O) groups excluding carboxylic acids is 2. The van der Waals surface area contributed by atoms with Crippen molar-refractivity contribution >= 4 is 34.9 Å². The van der Waals surface area contributed by atoms with E-state index in [1.807, 2.05) is 24.9 Å². The highest BCUT2D eigenvalue weighted by Gasteiger charge is 2.22. The molecular formula is C17H21N3O3S2. The number of nitrogens with zero attached hydrogens (tertiary/aromatic N) is 2. The van der Waals surface area contributed by atoms with Gasteiger partial charge in [0.05, 0.1) is 12.7 Å². The number of carbonyl (C=O) groups is 2. The van der Waals surface area contributed by atoms with Gasteiger partial charge in [0.15, 0.2) is 4.80 Å². The van der Waals surface area contributed by atoms with Gasteiger partial charge in [0.25, 0.3) is 11.8 Å². The Bertz CT molecular complexity index is 798. The molecule has 2 rings (SSSR count). The molecule has 2 aromatic rings. The molecule has 1 N–H and O–H groups in total. The van der Waals surface area contributed by atoms with Crippen molar-refractivity contribution in [3.8, 4) is 5.75 Å². The molecule has 1 atom stereocenters. The van der Waals surface area contributed by atoms with Crippen molar-refractivity contribution in [2.24, 2.45) is 12.0 Å². The summed E-state index contributed by atoms with van der Waals surface area (Å²) >= 11 is 2.99. The van der Waals surface area contributed by atoms with E-state index in [-0.39, 0.29) is 11.8 Å². The predicted octanol–water partition coefficient (Wildman–Crippen LogP) is 2.07. The molecule has 0 aliphatic rings. The van der Waals surface area contributed by atoms with Crippen molar-refractivity contribution in [2.75, 3.05) is 19.1 Å². The minimum absolute atomic E-state index is 0.345. The summed E-state index contributed by atoms with van der Waals surface area (Å²) in [6, 6.07) is 6.25. The Morgan fingerprint density at radius 2 is 2.16 bits per heavy atom. The average molecular weight is 380 g/mol. The predicted molar refractivity (Wildman–Crippen MR) is 101 cm³/mol. The summed E-state index contributed by atoms with van der Waals surface area (Å²) in [6.07, 6.45) is 4.31. The molecule has 6 nitrogen and oxygen atoms in total. The van der Waals surface area contributed by atoms with Gasteiger partial charge in [-0.05, 0) is 30.6 Å². The van der Waals surface area contributed by atoms with Crippen molar-refractivity contribution < 1.29 is 14.3 Å². The van der Waals surface area contributed by atoms with Gasteiger partial charge in [-0.25, -0.2) is 0 Å². The molecule has 0 radical (unpaired) electrons. The van der Waals surface area contributed by atoms with Crippen LogP contribution in [0.5, 0.6) is 5.75 Å². The molecule has 0 aliphatic carbocycles. The Labute approximate surface area is 154 Å². The Morgan fingerprint density at radius 1 is 1.40 bits per heavy atom. The number of aryl methyl sites for hydroxylation is 1. The third kappa shape index (κ3) is 5.20. The van der Waals surface area contributed by atoms with E-state index in [1.54, 1.807) is 40.6 Å². The minimum Gasteiger partial charge on any atom is -0.496 e. The van der Waals surface area contributed by atoms with Crippen LogP contribution in [0.3, 0.4) is 0 Å². The Balaban J connectivity index is 2.21. The lowest BCUT2D eigenvalue weighted by atomic mass is 10.1. The number of thioether (sulfide) groups is 1. The van der Waals surface area contributed by atoms with Crippen molar-refractivity contribution in [2.45, 2.75) is 12.5 Å². The van der Waals surface area contributed by atoms with Gasteiger partial charge in [0.2, 0.25) is 0 Å². The van der Waals surface area contributed by atoms with E-state index in [9.17, 15) is 9.59 Å². The minimum atomic E-state index is -0.674. The van der Waals surface area contributed by atoms with E-state index in [0.29, 0.717) is 22.5 Å². The molecule has 1 aromatic heterocycles. The van der Waals surface area contributed by atoms with Crippen LogP contribution in [0.4, 0.5) is 0 Å². The highest BCUT2D eigenvalue weighted by molar-refractivity contribution is 7.98. The van der Waals surface area contributed by atoms with Crippen LogP contribution in [0.1, 0.15) is 16.8 Å². The molecule has 0 saturated heterocycles. The van der Waals surface area contributed by atoms with Crippen LogP contribution in [0.15, 0.2) is 40.8 Å². The van der Waals surface area contributed by atoms with E-state index in [1.165, 1.54) is 18.4 Å². The molecule has 25 heavy (non-hydrogen) atoms. The largest absolute Gasteiger partial charge is 0.496 e. The third-order valence-corrected chi connectivity index (χ3v) is 5.02. The quantitative estimate of drug-likeness (QED) is 0.799. The zero-order valence-electron chi connectivity index (χ0n) is 14.4. The first-order valence-electron chi connectivity index (χ1n) is 7.68. The number of ether oxygens (including phenoxy) is 1. The zero-order valence-corrected chi connectivity index (χ0v) is 16.0. The molecule has 0 saturated carbocycles. The standard InChI is InChI=1S/C17H21N3O3S2/c1-20-9-11-25-17(20)19-16(22)13(8-10-24-3)18-15(21)12-6-4-5-7-14(12)23-2/h4-7,9,11,13H,8,10H2,1-3H3,(H,18,21). The van der Waals surface area contributed by atoms with Gasteiger partial charge < -0.3 is 14.6 Å². The SMILES string of the molecule is COc1ccccc1C(=O)NC(CCSC)C(=O)N=c1sccn1C. The van der Waals surface area contributed by atoms with E-state index < -0.39 is 6.04 Å². The van der Waals surface area contributed by atoms with Crippen molar-refractivity contribution in [3.05, 3.63) is 46.2 Å². The monoisotopic (exact) mass is 379 g/mol. The van der Waals surface area contributed by atoms with Crippen LogP contribution in [0, 0.1) is 0 Å². The van der Waals surface area contributed by atoms with Gasteiger partial charge in [-0.3, -0.25) is 9.59 Å². The normalized spacial score (nSPS) is 12.7. The number of rotatable bonds is 7. The number of nitrogens with one attached hydrogen (secondary N) is 1. The lowest BCUT2D eigenvalue weighted by Crippen LogP contribution is -2.41. The zero-order chi connectivity index (χ0) is 18.2. The lowest BCUT2D eigenvalue weighted by molar-refractivity contribution is -0.119. The fourth-order valence-corrected chi connectivity index (χ4v) is 3.37. The summed E-state index contributed by atoms with van der Waals surface area (Å²) in [5.41, 5.74) is 0.397. The first-order chi connectivity index (χ1) is 12.1. The highest BCUT2D eigenvalue weighted by Crippen LogP contribution is 2.17. The molecule has 0 aliphatic heterocycles. The van der Waals surface area contributed by atoms with Crippen LogP contribution in [0.25, 0.3) is 0 Å². The van der Waals surface area contributed by atoms with Crippen LogP contribution in [-0.4, -0.2) is 41.5 Å². The fourth-order valence-electron chi connectivity index (χ4n) is 2.17. The maximum absolute atomic E-state index is 12.6. The number of methoxy groups -OCH3 is 1. The van der Waals surface area contributed by atoms with E-state index in [2.05, 4.69) is 10.3 Å². The van der Waals surface area contributed by atoms with Crippen LogP contribution in [0.2, 0.25) is 0 Å². The summed E-state index contributed by atoms with van der Waals surface area (Å²) in [5.74, 6) is 0.519. The second-order valence-corrected chi connectivity index (χ2v) is 7.11. The summed E-state index contributed by atoms with van der Waals surface area (Å²) in [6.45, 7) is 0. The first kappa shape index (κ1) is 19.3. The fraction of sp³-hybridized carbons (Fsp3) is 0.353. The highest BCUT2D eigenvalue weighted by atomic mass is 32.2. The van der Waals surface area contributed by atoms with Crippen LogP contribution >= 0.6 is 23.1 Å². The molecule has 134 valence electrons. The van der Waals surface area contributed by atoms with Crippen LogP contribution in [-0.2, 0) is 11.8 Å². The molecule has 8 heteroatoms. The Hall–Kier alpha value is -2.06. The van der Waals surface area contributed by atoms with Gasteiger partial charge in [-0.15, -0.1) is 11.3 Å². The van der Waals surface area contributed by atoms with Gasteiger partial charge in [-0.1, -0.05) is 12.1 Å². The average Bonchev–Trinajstić information content (AvgIpc) is 3.02. The molecular weight excluding hydrogens is 358 g/mol. The molecule has 1 unspecified atom stereocenters. The summed E-state index contributed by atoms with van der Waals surface area (Å²) in [4.78, 5) is 29.9. The summed E-state index contributed by atoms with van der Waals surface area (Å²) in [5, 5.41) is 4.65. The first-order valence-corrected chi connectivity index (χ1v) is 9.95. The van der Waals surface area contributed by atoms with Gasteiger partial charge in [0, 0.05) is 18.6 Å². The van der Waals surface area contributed by atoms with Gasteiger partial charge in [0.1, 0.15) is 11.8 Å². The van der Waals surface area contributed by atoms with Crippen molar-refractivity contribution in [1.82, 2.24) is 9.88 Å². The number of aromatic nitrogens is 1. The number of thiazole rings is 1. The molecule has 1 heterocycles. The topological polar surface area (TPSA) is 72.7 Å². The number of amides is 2. The smallest absolute Gasteiger partial charge is 0.270 e. The maximum Gasteiger partial charge on any atom is 0.270 e. The molecule has 0 fully saturated rings. The van der Waals surface area contributed by atoms with Gasteiger partial charge in [-0.2, -0.15) is 16.8 Å². The van der Waals surface area contributed by atoms with Crippen molar-refractivity contribution in [3.63, 3.8) is 0 Å². The molecule has 2 amide bonds. The molecule has 0 spiro atoms. The molecule has 1 aromatic carbocycles. The second-order valence-electron chi connectivity index (χ2n) is 5.25. The van der Waals surface area contributed by atoms with Gasteiger partial charge >= 0.3 is 0 Å². The number of hydrogen-bond acceptors (Lipinski definition) is 5. The number of benzene rings is 1. The van der Waals surface area contributed by atoms with E-state index in [0.717, 1.165) is 5.75 Å². The number of hydrogen-bond donors (Lipinski definition) is 1. The summed E-state index contributed by atoms with van der Waals surface area (Å²) < 4.78 is 6.99. The van der Waals surface area contributed by atoms with E-state index in [4.69, 9.17) is 4.74 Å². The molecule has 0 bridgehead atoms.